The summed E-state index contributed by atoms with van der Waals surface area (Å²) in [7, 11) is 1.79. The van der Waals surface area contributed by atoms with Crippen LogP contribution < -0.4 is 15.4 Å². The SMILES string of the molecule is CN=C(NCCn1cccc1)NCc1ccccc1OCC1CC1.I. The number of rotatable bonds is 8. The first-order valence-corrected chi connectivity index (χ1v) is 8.61. The highest BCUT2D eigenvalue weighted by Crippen LogP contribution is 2.30. The molecule has 3 rings (SSSR count). The van der Waals surface area contributed by atoms with Crippen LogP contribution in [0.25, 0.3) is 0 Å². The van der Waals surface area contributed by atoms with E-state index in [4.69, 9.17) is 4.74 Å². The molecule has 1 aliphatic rings. The average Bonchev–Trinajstić information content (AvgIpc) is 3.30. The van der Waals surface area contributed by atoms with Gasteiger partial charge in [0.25, 0.3) is 0 Å². The van der Waals surface area contributed by atoms with E-state index in [1.54, 1.807) is 7.05 Å². The molecule has 1 aromatic heterocycles. The number of nitrogens with one attached hydrogen (secondary N) is 2. The maximum atomic E-state index is 5.95. The second kappa shape index (κ2) is 10.3. The highest BCUT2D eigenvalue weighted by Gasteiger charge is 2.22. The smallest absolute Gasteiger partial charge is 0.191 e. The lowest BCUT2D eigenvalue weighted by Gasteiger charge is -2.15. The van der Waals surface area contributed by atoms with Gasteiger partial charge >= 0.3 is 0 Å². The molecular weight excluding hydrogens is 427 g/mol. The summed E-state index contributed by atoms with van der Waals surface area (Å²) in [6.07, 6.45) is 6.73. The van der Waals surface area contributed by atoms with Crippen LogP contribution >= 0.6 is 24.0 Å². The van der Waals surface area contributed by atoms with Gasteiger partial charge < -0.3 is 19.9 Å². The summed E-state index contributed by atoms with van der Waals surface area (Å²) in [5.41, 5.74) is 1.16. The number of aromatic nitrogens is 1. The van der Waals surface area contributed by atoms with Crippen molar-refractivity contribution in [1.82, 2.24) is 15.2 Å². The number of benzene rings is 1. The number of hydrogen-bond acceptors (Lipinski definition) is 2. The lowest BCUT2D eigenvalue weighted by Crippen LogP contribution is -2.38. The summed E-state index contributed by atoms with van der Waals surface area (Å²) in [6.45, 7) is 3.27. The molecule has 0 atom stereocenters. The number of para-hydroxylation sites is 1. The molecule has 0 amide bonds. The van der Waals surface area contributed by atoms with Gasteiger partial charge in [0, 0.05) is 44.6 Å². The molecule has 2 N–H and O–H groups in total. The van der Waals surface area contributed by atoms with Gasteiger partial charge in [-0.25, -0.2) is 0 Å². The Bertz CT molecular complexity index is 653. The standard InChI is InChI=1S/C19H26N4O.HI/c1-20-19(21-10-13-23-11-4-5-12-23)22-14-17-6-2-3-7-18(17)24-15-16-8-9-16;/h2-7,11-12,16H,8-10,13-15H2,1H3,(H2,20,21,22);1H. The van der Waals surface area contributed by atoms with Crippen LogP contribution in [-0.4, -0.2) is 30.7 Å². The molecule has 25 heavy (non-hydrogen) atoms. The Morgan fingerprint density at radius 2 is 1.92 bits per heavy atom. The Morgan fingerprint density at radius 3 is 2.64 bits per heavy atom. The van der Waals surface area contributed by atoms with Crippen molar-refractivity contribution in [3.8, 4) is 5.75 Å². The van der Waals surface area contributed by atoms with E-state index in [-0.39, 0.29) is 24.0 Å². The Morgan fingerprint density at radius 1 is 1.16 bits per heavy atom. The first-order valence-electron chi connectivity index (χ1n) is 8.61. The van der Waals surface area contributed by atoms with Gasteiger partial charge in [-0.15, -0.1) is 24.0 Å². The maximum Gasteiger partial charge on any atom is 0.191 e. The van der Waals surface area contributed by atoms with Crippen molar-refractivity contribution < 1.29 is 4.74 Å². The van der Waals surface area contributed by atoms with Gasteiger partial charge in [0.2, 0.25) is 0 Å². The minimum atomic E-state index is 0. The van der Waals surface area contributed by atoms with E-state index in [9.17, 15) is 0 Å². The Hall–Kier alpha value is -1.70. The minimum absolute atomic E-state index is 0. The molecule has 0 radical (unpaired) electrons. The lowest BCUT2D eigenvalue weighted by molar-refractivity contribution is 0.296. The predicted molar refractivity (Wildman–Crippen MR) is 113 cm³/mol. The van der Waals surface area contributed by atoms with Gasteiger partial charge in [0.1, 0.15) is 5.75 Å². The van der Waals surface area contributed by atoms with Crippen molar-refractivity contribution in [3.63, 3.8) is 0 Å². The highest BCUT2D eigenvalue weighted by atomic mass is 127. The van der Waals surface area contributed by atoms with Crippen molar-refractivity contribution in [1.29, 1.82) is 0 Å². The third-order valence-corrected chi connectivity index (χ3v) is 4.14. The zero-order valence-corrected chi connectivity index (χ0v) is 17.0. The fourth-order valence-corrected chi connectivity index (χ4v) is 2.51. The Balaban J connectivity index is 0.00000225. The van der Waals surface area contributed by atoms with E-state index in [1.165, 1.54) is 12.8 Å². The summed E-state index contributed by atoms with van der Waals surface area (Å²) in [6, 6.07) is 12.3. The molecule has 5 nitrogen and oxygen atoms in total. The Labute approximate surface area is 166 Å². The van der Waals surface area contributed by atoms with E-state index >= 15 is 0 Å². The molecule has 1 saturated carbocycles. The normalized spacial score (nSPS) is 13.9. The van der Waals surface area contributed by atoms with Crippen LogP contribution in [0.15, 0.2) is 53.8 Å². The molecule has 2 aromatic rings. The molecule has 0 saturated heterocycles. The first-order chi connectivity index (χ1) is 11.8. The van der Waals surface area contributed by atoms with Crippen LogP contribution in [0, 0.1) is 5.92 Å². The number of nitrogens with zero attached hydrogens (tertiary/aromatic N) is 2. The molecular formula is C19H27IN4O. The first kappa shape index (κ1) is 19.6. The zero-order chi connectivity index (χ0) is 16.6. The molecule has 1 aliphatic carbocycles. The lowest BCUT2D eigenvalue weighted by atomic mass is 10.2. The van der Waals surface area contributed by atoms with Gasteiger partial charge in [0.05, 0.1) is 6.61 Å². The summed E-state index contributed by atoms with van der Waals surface area (Å²) in [4.78, 5) is 4.28. The van der Waals surface area contributed by atoms with E-state index < -0.39 is 0 Å². The summed E-state index contributed by atoms with van der Waals surface area (Å²) in [5, 5.41) is 6.69. The highest BCUT2D eigenvalue weighted by molar-refractivity contribution is 14.0. The fourth-order valence-electron chi connectivity index (χ4n) is 2.51. The Kier molecular flexibility index (Phi) is 8.11. The molecule has 6 heteroatoms. The van der Waals surface area contributed by atoms with Gasteiger partial charge in [-0.2, -0.15) is 0 Å². The second-order valence-electron chi connectivity index (χ2n) is 6.14. The molecule has 1 heterocycles. The zero-order valence-electron chi connectivity index (χ0n) is 14.6. The van der Waals surface area contributed by atoms with E-state index in [2.05, 4.69) is 38.7 Å². The molecule has 0 aliphatic heterocycles. The number of aliphatic imine (C=N–C) groups is 1. The van der Waals surface area contributed by atoms with Crippen LogP contribution in [0.2, 0.25) is 0 Å². The molecule has 1 fully saturated rings. The van der Waals surface area contributed by atoms with Crippen LogP contribution in [0.5, 0.6) is 5.75 Å². The van der Waals surface area contributed by atoms with Crippen LogP contribution in [0.3, 0.4) is 0 Å². The van der Waals surface area contributed by atoms with Crippen molar-refractivity contribution in [2.45, 2.75) is 25.9 Å². The van der Waals surface area contributed by atoms with E-state index in [1.807, 2.05) is 30.3 Å². The minimum Gasteiger partial charge on any atom is -0.493 e. The van der Waals surface area contributed by atoms with E-state index in [0.717, 1.165) is 42.9 Å². The molecule has 1 aromatic carbocycles. The van der Waals surface area contributed by atoms with Gasteiger partial charge in [-0.3, -0.25) is 4.99 Å². The monoisotopic (exact) mass is 454 g/mol. The van der Waals surface area contributed by atoms with Crippen molar-refractivity contribution in [3.05, 3.63) is 54.4 Å². The third-order valence-electron chi connectivity index (χ3n) is 4.14. The molecule has 136 valence electrons. The third kappa shape index (κ3) is 6.61. The second-order valence-corrected chi connectivity index (χ2v) is 6.14. The summed E-state index contributed by atoms with van der Waals surface area (Å²) in [5.74, 6) is 2.54. The number of hydrogen-bond donors (Lipinski definition) is 2. The van der Waals surface area contributed by atoms with Crippen molar-refractivity contribution >= 4 is 29.9 Å². The average molecular weight is 454 g/mol. The fraction of sp³-hybridized carbons (Fsp3) is 0.421. The van der Waals surface area contributed by atoms with Crippen molar-refractivity contribution in [2.24, 2.45) is 10.9 Å². The van der Waals surface area contributed by atoms with E-state index in [0.29, 0.717) is 6.54 Å². The number of halogens is 1. The topological polar surface area (TPSA) is 50.6 Å². The number of ether oxygens (including phenoxy) is 1. The number of guanidine groups is 1. The van der Waals surface area contributed by atoms with Crippen LogP contribution in [0.1, 0.15) is 18.4 Å². The van der Waals surface area contributed by atoms with Crippen LogP contribution in [0.4, 0.5) is 0 Å². The summed E-state index contributed by atoms with van der Waals surface area (Å²) < 4.78 is 8.09. The van der Waals surface area contributed by atoms with Gasteiger partial charge in [-0.05, 0) is 37.0 Å². The predicted octanol–water partition coefficient (Wildman–Crippen LogP) is 3.26. The van der Waals surface area contributed by atoms with Gasteiger partial charge in [-0.1, -0.05) is 18.2 Å². The van der Waals surface area contributed by atoms with Crippen molar-refractivity contribution in [2.75, 3.05) is 20.2 Å². The van der Waals surface area contributed by atoms with Gasteiger partial charge in [0.15, 0.2) is 5.96 Å². The molecule has 0 spiro atoms. The molecule has 0 bridgehead atoms. The summed E-state index contributed by atoms with van der Waals surface area (Å²) >= 11 is 0. The molecule has 0 unspecified atom stereocenters. The largest absolute Gasteiger partial charge is 0.493 e. The maximum absolute atomic E-state index is 5.95. The van der Waals surface area contributed by atoms with Crippen LogP contribution in [-0.2, 0) is 13.1 Å². The quantitative estimate of drug-likeness (QED) is 0.366.